The molecule has 0 bridgehead atoms. The number of nitrogens with one attached hydrogen (secondary N) is 3. The van der Waals surface area contributed by atoms with Gasteiger partial charge in [0, 0.05) is 62.5 Å². The van der Waals surface area contributed by atoms with Gasteiger partial charge in [0.1, 0.15) is 0 Å². The lowest BCUT2D eigenvalue weighted by Gasteiger charge is -2.36. The van der Waals surface area contributed by atoms with Gasteiger partial charge in [0.15, 0.2) is 11.6 Å². The molecule has 2 aliphatic carbocycles. The molecular weight excluding hydrogens is 746 g/mol. The highest BCUT2D eigenvalue weighted by Gasteiger charge is 2.42. The molecule has 0 spiro atoms. The van der Waals surface area contributed by atoms with E-state index in [1.807, 2.05) is 73.8 Å². The highest BCUT2D eigenvalue weighted by atomic mass is 35.5. The molecule has 0 amide bonds. The third kappa shape index (κ3) is 7.57. The summed E-state index contributed by atoms with van der Waals surface area (Å²) >= 11 is 25.3. The highest BCUT2D eigenvalue weighted by Crippen LogP contribution is 2.49. The zero-order valence-electron chi connectivity index (χ0n) is 30.3. The van der Waals surface area contributed by atoms with E-state index in [4.69, 9.17) is 46.4 Å². The topological polar surface area (TPSA) is 73.5 Å². The molecule has 53 heavy (non-hydrogen) atoms. The predicted molar refractivity (Wildman–Crippen MR) is 221 cm³/mol. The Labute approximate surface area is 331 Å². The van der Waals surface area contributed by atoms with Gasteiger partial charge >= 0.3 is 0 Å². The Morgan fingerprint density at radius 3 is 1.70 bits per heavy atom. The molecule has 274 valence electrons. The van der Waals surface area contributed by atoms with Crippen LogP contribution in [0.3, 0.4) is 0 Å². The summed E-state index contributed by atoms with van der Waals surface area (Å²) in [6.45, 7) is 8.54. The van der Waals surface area contributed by atoms with Crippen LogP contribution in [0.1, 0.15) is 76.6 Å². The van der Waals surface area contributed by atoms with E-state index in [-0.39, 0.29) is 34.5 Å². The van der Waals surface area contributed by atoms with Crippen molar-refractivity contribution in [2.24, 2.45) is 10.8 Å². The zero-order chi connectivity index (χ0) is 37.8. The second-order valence-corrected chi connectivity index (χ2v) is 17.6. The van der Waals surface area contributed by atoms with Gasteiger partial charge in [0.25, 0.3) is 0 Å². The Balaban J connectivity index is 0.000000164. The first-order valence-electron chi connectivity index (χ1n) is 17.7. The first-order chi connectivity index (χ1) is 25.1. The van der Waals surface area contributed by atoms with Crippen molar-refractivity contribution < 1.29 is 9.59 Å². The van der Waals surface area contributed by atoms with Crippen LogP contribution in [0.4, 0.5) is 22.7 Å². The predicted octanol–water partition coefficient (Wildman–Crippen LogP) is 12.5. The average Bonchev–Trinajstić information content (AvgIpc) is 3.30. The number of benzene rings is 4. The van der Waals surface area contributed by atoms with Crippen molar-refractivity contribution in [1.82, 2.24) is 0 Å². The van der Waals surface area contributed by atoms with Crippen molar-refractivity contribution in [1.29, 1.82) is 0 Å². The lowest BCUT2D eigenvalue weighted by atomic mass is 9.73. The number of nitrogens with zero attached hydrogens (tertiary/aromatic N) is 1. The third-order valence-corrected chi connectivity index (χ3v) is 11.5. The Bertz CT molecular complexity index is 2210. The first kappa shape index (κ1) is 37.4. The number of ketones is 2. The molecule has 4 aliphatic rings. The molecule has 0 saturated carbocycles. The van der Waals surface area contributed by atoms with Gasteiger partial charge in [-0.1, -0.05) is 110 Å². The van der Waals surface area contributed by atoms with Gasteiger partial charge in [-0.05, 0) is 83.3 Å². The molecule has 0 aromatic heterocycles. The van der Waals surface area contributed by atoms with Gasteiger partial charge in [0.2, 0.25) is 0 Å². The lowest BCUT2D eigenvalue weighted by Crippen LogP contribution is -2.34. The molecular formula is C43H42Cl4N4O2. The maximum absolute atomic E-state index is 13.3. The number of hydrogen-bond donors (Lipinski definition) is 3. The number of allylic oxidation sites excluding steroid dienone is 2. The number of halogens is 4. The molecule has 3 N–H and O–H groups in total. The van der Waals surface area contributed by atoms with Gasteiger partial charge in [-0.25, -0.2) is 0 Å². The monoisotopic (exact) mass is 786 g/mol. The number of carbonyl (C=O) groups is 2. The summed E-state index contributed by atoms with van der Waals surface area (Å²) in [6, 6.07) is 26.5. The van der Waals surface area contributed by atoms with Crippen LogP contribution in [0.25, 0.3) is 0 Å². The first-order valence-corrected chi connectivity index (χ1v) is 19.3. The van der Waals surface area contributed by atoms with E-state index < -0.39 is 0 Å². The van der Waals surface area contributed by atoms with Gasteiger partial charge in [0.05, 0.1) is 34.8 Å². The number of likely N-dealkylation sites (N-methyl/N-ethyl adjacent to an activating group) is 1. The maximum atomic E-state index is 13.3. The number of hydrogen-bond acceptors (Lipinski definition) is 6. The fourth-order valence-electron chi connectivity index (χ4n) is 8.09. The summed E-state index contributed by atoms with van der Waals surface area (Å²) in [7, 11) is 2.01. The molecule has 2 atom stereocenters. The third-order valence-electron chi connectivity index (χ3n) is 10.4. The van der Waals surface area contributed by atoms with E-state index in [2.05, 4.69) is 54.6 Å². The van der Waals surface area contributed by atoms with Crippen LogP contribution in [-0.4, -0.2) is 18.6 Å². The minimum Gasteiger partial charge on any atom is -0.372 e. The summed E-state index contributed by atoms with van der Waals surface area (Å²) in [4.78, 5) is 28.5. The van der Waals surface area contributed by atoms with Gasteiger partial charge in [-0.3, -0.25) is 9.59 Å². The molecule has 2 heterocycles. The van der Waals surface area contributed by atoms with Crippen LogP contribution in [-0.2, 0) is 9.59 Å². The van der Waals surface area contributed by atoms with Crippen LogP contribution >= 0.6 is 46.4 Å². The summed E-state index contributed by atoms with van der Waals surface area (Å²) in [5.74, 6) is 0.324. The Morgan fingerprint density at radius 1 is 0.604 bits per heavy atom. The molecule has 0 radical (unpaired) electrons. The normalized spacial score (nSPS) is 21.3. The van der Waals surface area contributed by atoms with E-state index in [0.717, 1.165) is 69.3 Å². The van der Waals surface area contributed by atoms with Crippen molar-refractivity contribution >= 4 is 80.7 Å². The van der Waals surface area contributed by atoms with Crippen molar-refractivity contribution in [3.05, 3.63) is 139 Å². The van der Waals surface area contributed by atoms with E-state index in [0.29, 0.717) is 32.9 Å². The van der Waals surface area contributed by atoms with E-state index in [1.165, 1.54) is 0 Å². The second-order valence-electron chi connectivity index (χ2n) is 15.9. The average molecular weight is 789 g/mol. The quantitative estimate of drug-likeness (QED) is 0.188. The largest absolute Gasteiger partial charge is 0.372 e. The number of anilines is 4. The number of para-hydroxylation sites is 4. The van der Waals surface area contributed by atoms with Crippen LogP contribution < -0.4 is 20.9 Å². The fourth-order valence-corrected chi connectivity index (χ4v) is 9.12. The molecule has 10 heteroatoms. The van der Waals surface area contributed by atoms with Crippen molar-refractivity contribution in [2.75, 3.05) is 27.9 Å². The smallest absolute Gasteiger partial charge is 0.163 e. The van der Waals surface area contributed by atoms with Gasteiger partial charge in [-0.2, -0.15) is 0 Å². The Morgan fingerprint density at radius 2 is 1.09 bits per heavy atom. The van der Waals surface area contributed by atoms with Crippen LogP contribution in [0.5, 0.6) is 0 Å². The maximum Gasteiger partial charge on any atom is 0.163 e. The molecule has 2 aliphatic heterocycles. The molecule has 0 saturated heterocycles. The minimum absolute atomic E-state index is 0.0729. The number of fused-ring (bicyclic) bond motifs is 2. The molecule has 8 rings (SSSR count). The van der Waals surface area contributed by atoms with Crippen LogP contribution in [0.15, 0.2) is 107 Å². The van der Waals surface area contributed by atoms with Gasteiger partial charge in [-0.15, -0.1) is 0 Å². The lowest BCUT2D eigenvalue weighted by molar-refractivity contribution is -0.119. The highest BCUT2D eigenvalue weighted by molar-refractivity contribution is 6.35. The Hall–Kier alpha value is -3.94. The van der Waals surface area contributed by atoms with E-state index >= 15 is 0 Å². The van der Waals surface area contributed by atoms with Crippen molar-refractivity contribution in [3.8, 4) is 0 Å². The van der Waals surface area contributed by atoms with Crippen LogP contribution in [0, 0.1) is 10.8 Å². The molecule has 0 fully saturated rings. The fraction of sp³-hybridized carbons (Fsp3) is 0.302. The molecule has 4 aromatic rings. The SMILES string of the molecule is CC1(C)CC(=O)C2=C(C1)Nc1ccccc1NC2c1ccc(Cl)cc1Cl.CN1c2ccccc2NC2=C(C(=O)CC(C)(C)C2)C1c1ccc(Cl)cc1Cl. The standard InChI is InChI=1S/C22H22Cl2N2O.C21H20Cl2N2O/c1-22(2)11-17-20(19(27)12-22)21(14-9-8-13(23)10-15(14)24)26(3)18-7-5-4-6-16(18)25-17;1-21(2)10-17-19(18(26)11-21)20(13-8-7-12(22)9-14(13)23)25-16-6-4-3-5-15(16)24-17/h4-10,21,25H,11-12H2,1-3H3;3-9,20,24-25H,10-11H2,1-2H3. The molecule has 6 nitrogen and oxygen atoms in total. The summed E-state index contributed by atoms with van der Waals surface area (Å²) in [5, 5.41) is 12.9. The van der Waals surface area contributed by atoms with E-state index in [9.17, 15) is 9.59 Å². The van der Waals surface area contributed by atoms with E-state index in [1.54, 1.807) is 12.1 Å². The second kappa shape index (κ2) is 14.4. The number of rotatable bonds is 2. The summed E-state index contributed by atoms with van der Waals surface area (Å²) in [5.41, 5.74) is 9.09. The van der Waals surface area contributed by atoms with Crippen molar-refractivity contribution in [2.45, 2.75) is 65.5 Å². The zero-order valence-corrected chi connectivity index (χ0v) is 33.4. The summed E-state index contributed by atoms with van der Waals surface area (Å²) in [6.07, 6.45) is 2.68. The molecule has 2 unspecified atom stereocenters. The van der Waals surface area contributed by atoms with Crippen LogP contribution in [0.2, 0.25) is 20.1 Å². The number of carbonyl (C=O) groups excluding carboxylic acids is 2. The summed E-state index contributed by atoms with van der Waals surface area (Å²) < 4.78 is 0. The molecule has 4 aromatic carbocycles. The van der Waals surface area contributed by atoms with Crippen molar-refractivity contribution in [3.63, 3.8) is 0 Å². The number of Topliss-reactive ketones (excluding diaryl/α,β-unsaturated/α-hetero) is 2. The van der Waals surface area contributed by atoms with Gasteiger partial charge < -0.3 is 20.9 Å². The minimum atomic E-state index is -0.311. The Kier molecular flexibility index (Phi) is 10.1.